The molecule has 0 heterocycles. The Bertz CT molecular complexity index is 419. The van der Waals surface area contributed by atoms with Crippen LogP contribution < -0.4 is 0 Å². The highest BCUT2D eigenvalue weighted by atomic mass is 19.1. The van der Waals surface area contributed by atoms with Crippen molar-refractivity contribution in [1.29, 1.82) is 0 Å². The van der Waals surface area contributed by atoms with Gasteiger partial charge in [0, 0.05) is 12.5 Å². The third kappa shape index (κ3) is 3.08. The summed E-state index contributed by atoms with van der Waals surface area (Å²) in [6, 6.07) is 3.58. The lowest BCUT2D eigenvalue weighted by molar-refractivity contribution is -0.0168. The van der Waals surface area contributed by atoms with E-state index < -0.39 is 17.2 Å². The highest BCUT2D eigenvalue weighted by Crippen LogP contribution is 2.36. The lowest BCUT2D eigenvalue weighted by Gasteiger charge is -2.36. The zero-order chi connectivity index (χ0) is 13.2. The van der Waals surface area contributed by atoms with Crippen LogP contribution in [0.1, 0.15) is 44.6 Å². The molecule has 3 heteroatoms. The molecule has 0 amide bonds. The normalized spacial score (nSPS) is 28.3. The molecule has 1 aromatic carbocycles. The molecular weight excluding hydrogens is 234 g/mol. The molecule has 0 bridgehead atoms. The van der Waals surface area contributed by atoms with E-state index in [9.17, 15) is 13.9 Å². The molecule has 2 atom stereocenters. The maximum Gasteiger partial charge on any atom is 0.129 e. The number of hydrogen-bond acceptors (Lipinski definition) is 1. The Morgan fingerprint density at radius 2 is 2.17 bits per heavy atom. The summed E-state index contributed by atoms with van der Waals surface area (Å²) in [5.74, 6) is -0.604. The topological polar surface area (TPSA) is 20.2 Å². The summed E-state index contributed by atoms with van der Waals surface area (Å²) in [5, 5.41) is 10.6. The zero-order valence-electron chi connectivity index (χ0n) is 10.8. The monoisotopic (exact) mass is 254 g/mol. The van der Waals surface area contributed by atoms with Crippen LogP contribution in [0, 0.1) is 17.6 Å². The van der Waals surface area contributed by atoms with Crippen LogP contribution in [-0.4, -0.2) is 10.7 Å². The Labute approximate surface area is 107 Å². The Hall–Kier alpha value is -0.960. The molecule has 1 saturated carbocycles. The van der Waals surface area contributed by atoms with E-state index in [2.05, 4.69) is 6.92 Å². The fourth-order valence-corrected chi connectivity index (χ4v) is 2.99. The Morgan fingerprint density at radius 1 is 1.39 bits per heavy atom. The quantitative estimate of drug-likeness (QED) is 0.869. The Balaban J connectivity index is 2.11. The fraction of sp³-hybridized carbons (Fsp3) is 0.600. The standard InChI is InChI=1S/C15H20F2O/c1-2-11-4-3-7-15(18,9-11)10-12-5-6-13(16)8-14(12)17/h5-6,8,11,18H,2-4,7,9-10H2,1H3. The van der Waals surface area contributed by atoms with E-state index >= 15 is 0 Å². The number of rotatable bonds is 3. The molecule has 100 valence electrons. The third-order valence-corrected chi connectivity index (χ3v) is 4.04. The maximum atomic E-state index is 13.6. The first kappa shape index (κ1) is 13.5. The molecule has 0 saturated heterocycles. The van der Waals surface area contributed by atoms with Crippen molar-refractivity contribution in [2.45, 2.75) is 51.0 Å². The van der Waals surface area contributed by atoms with Gasteiger partial charge < -0.3 is 5.11 Å². The number of benzene rings is 1. The van der Waals surface area contributed by atoms with Gasteiger partial charge >= 0.3 is 0 Å². The predicted molar refractivity (Wildman–Crippen MR) is 67.3 cm³/mol. The second kappa shape index (κ2) is 5.35. The predicted octanol–water partition coefficient (Wildman–Crippen LogP) is 3.84. The first-order chi connectivity index (χ1) is 8.52. The number of aliphatic hydroxyl groups is 1. The number of halogens is 2. The molecule has 0 spiro atoms. The largest absolute Gasteiger partial charge is 0.390 e. The van der Waals surface area contributed by atoms with Gasteiger partial charge in [0.05, 0.1) is 5.60 Å². The first-order valence-electron chi connectivity index (χ1n) is 6.69. The minimum atomic E-state index is -0.822. The lowest BCUT2D eigenvalue weighted by atomic mass is 9.74. The van der Waals surface area contributed by atoms with Crippen molar-refractivity contribution < 1.29 is 13.9 Å². The molecule has 1 aliphatic rings. The summed E-state index contributed by atoms with van der Waals surface area (Å²) < 4.78 is 26.4. The first-order valence-corrected chi connectivity index (χ1v) is 6.69. The lowest BCUT2D eigenvalue weighted by Crippen LogP contribution is -2.37. The van der Waals surface area contributed by atoms with Gasteiger partial charge in [0.15, 0.2) is 0 Å². The highest BCUT2D eigenvalue weighted by molar-refractivity contribution is 5.20. The van der Waals surface area contributed by atoms with Crippen LogP contribution in [0.15, 0.2) is 18.2 Å². The molecule has 1 nitrogen and oxygen atoms in total. The SMILES string of the molecule is CCC1CCCC(O)(Cc2ccc(F)cc2F)C1. The van der Waals surface area contributed by atoms with Crippen molar-refractivity contribution in [2.24, 2.45) is 5.92 Å². The van der Waals surface area contributed by atoms with Crippen LogP contribution in [0.5, 0.6) is 0 Å². The van der Waals surface area contributed by atoms with Crippen LogP contribution in [0.3, 0.4) is 0 Å². The highest BCUT2D eigenvalue weighted by Gasteiger charge is 2.34. The van der Waals surface area contributed by atoms with Crippen molar-refractivity contribution in [1.82, 2.24) is 0 Å². The summed E-state index contributed by atoms with van der Waals surface area (Å²) in [6.07, 6.45) is 4.90. The van der Waals surface area contributed by atoms with Gasteiger partial charge in [-0.15, -0.1) is 0 Å². The van der Waals surface area contributed by atoms with Crippen molar-refractivity contribution >= 4 is 0 Å². The molecule has 2 unspecified atom stereocenters. The van der Waals surface area contributed by atoms with Crippen molar-refractivity contribution in [3.05, 3.63) is 35.4 Å². The molecule has 18 heavy (non-hydrogen) atoms. The summed E-state index contributed by atoms with van der Waals surface area (Å²) in [4.78, 5) is 0. The van der Waals surface area contributed by atoms with Crippen molar-refractivity contribution in [3.8, 4) is 0 Å². The van der Waals surface area contributed by atoms with Gasteiger partial charge in [0.1, 0.15) is 11.6 Å². The van der Waals surface area contributed by atoms with Crippen LogP contribution in [0.4, 0.5) is 8.78 Å². The second-order valence-electron chi connectivity index (χ2n) is 5.51. The molecular formula is C15H20F2O. The van der Waals surface area contributed by atoms with Gasteiger partial charge in [-0.2, -0.15) is 0 Å². The molecule has 0 radical (unpaired) electrons. The van der Waals surface area contributed by atoms with Crippen LogP contribution in [0.25, 0.3) is 0 Å². The van der Waals surface area contributed by atoms with Gasteiger partial charge in [-0.05, 0) is 30.4 Å². The molecule has 1 aromatic rings. The average molecular weight is 254 g/mol. The van der Waals surface area contributed by atoms with E-state index in [0.717, 1.165) is 31.7 Å². The third-order valence-electron chi connectivity index (χ3n) is 4.04. The van der Waals surface area contributed by atoms with Gasteiger partial charge in [0.2, 0.25) is 0 Å². The Kier molecular flexibility index (Phi) is 4.00. The van der Waals surface area contributed by atoms with Crippen LogP contribution in [-0.2, 0) is 6.42 Å². The molecule has 1 aliphatic carbocycles. The van der Waals surface area contributed by atoms with E-state index in [1.807, 2.05) is 0 Å². The summed E-state index contributed by atoms with van der Waals surface area (Å²) in [6.45, 7) is 2.12. The maximum absolute atomic E-state index is 13.6. The van der Waals surface area contributed by atoms with Gasteiger partial charge in [-0.1, -0.05) is 32.3 Å². The second-order valence-corrected chi connectivity index (χ2v) is 5.51. The van der Waals surface area contributed by atoms with E-state index in [1.165, 1.54) is 12.1 Å². The summed E-state index contributed by atoms with van der Waals surface area (Å²) in [5.41, 5.74) is -0.409. The van der Waals surface area contributed by atoms with E-state index in [4.69, 9.17) is 0 Å². The molecule has 1 N–H and O–H groups in total. The Morgan fingerprint density at radius 3 is 2.83 bits per heavy atom. The van der Waals surface area contributed by atoms with Gasteiger partial charge in [-0.3, -0.25) is 0 Å². The molecule has 0 aliphatic heterocycles. The fourth-order valence-electron chi connectivity index (χ4n) is 2.99. The molecule has 2 rings (SSSR count). The van der Waals surface area contributed by atoms with Crippen molar-refractivity contribution in [3.63, 3.8) is 0 Å². The van der Waals surface area contributed by atoms with Crippen LogP contribution in [0.2, 0.25) is 0 Å². The number of hydrogen-bond donors (Lipinski definition) is 1. The zero-order valence-corrected chi connectivity index (χ0v) is 10.8. The summed E-state index contributed by atoms with van der Waals surface area (Å²) >= 11 is 0. The van der Waals surface area contributed by atoms with E-state index in [-0.39, 0.29) is 6.42 Å². The van der Waals surface area contributed by atoms with Gasteiger partial charge in [-0.25, -0.2) is 8.78 Å². The van der Waals surface area contributed by atoms with E-state index in [0.29, 0.717) is 17.9 Å². The average Bonchev–Trinajstić information content (AvgIpc) is 2.33. The minimum absolute atomic E-state index is 0.287. The molecule has 0 aromatic heterocycles. The minimum Gasteiger partial charge on any atom is -0.390 e. The van der Waals surface area contributed by atoms with Crippen molar-refractivity contribution in [2.75, 3.05) is 0 Å². The molecule has 1 fully saturated rings. The van der Waals surface area contributed by atoms with Gasteiger partial charge in [0.25, 0.3) is 0 Å². The summed E-state index contributed by atoms with van der Waals surface area (Å²) in [7, 11) is 0. The van der Waals surface area contributed by atoms with Crippen LogP contribution >= 0.6 is 0 Å². The van der Waals surface area contributed by atoms with E-state index in [1.54, 1.807) is 0 Å². The smallest absolute Gasteiger partial charge is 0.129 e.